The molecule has 0 spiro atoms. The average molecular weight is 369 g/mol. The molecule has 2 aromatic rings. The number of rotatable bonds is 7. The van der Waals surface area contributed by atoms with Crippen molar-refractivity contribution in [2.24, 2.45) is 0 Å². The van der Waals surface area contributed by atoms with Gasteiger partial charge in [0.05, 0.1) is 11.5 Å². The Bertz CT molecular complexity index is 820. The lowest BCUT2D eigenvalue weighted by atomic mass is 9.99. The van der Waals surface area contributed by atoms with E-state index in [4.69, 9.17) is 4.74 Å². The highest BCUT2D eigenvalue weighted by atomic mass is 16.6. The maximum absolute atomic E-state index is 12.2. The van der Waals surface area contributed by atoms with Gasteiger partial charge in [0.25, 0.3) is 5.69 Å². The molecule has 1 aliphatic rings. The van der Waals surface area contributed by atoms with E-state index in [0.717, 1.165) is 25.3 Å². The second kappa shape index (κ2) is 8.64. The zero-order valence-corrected chi connectivity index (χ0v) is 15.3. The van der Waals surface area contributed by atoms with E-state index < -0.39 is 4.92 Å². The number of amides is 1. The van der Waals surface area contributed by atoms with E-state index in [0.29, 0.717) is 25.3 Å². The Morgan fingerprint density at radius 2 is 2.00 bits per heavy atom. The van der Waals surface area contributed by atoms with Crippen LogP contribution in [-0.4, -0.2) is 35.4 Å². The van der Waals surface area contributed by atoms with Crippen LogP contribution in [0.3, 0.4) is 0 Å². The number of hydrogen-bond donors (Lipinski definition) is 1. The third-order valence-corrected chi connectivity index (χ3v) is 4.60. The summed E-state index contributed by atoms with van der Waals surface area (Å²) in [5, 5.41) is 13.4. The van der Waals surface area contributed by atoms with Gasteiger partial charge in [0.15, 0.2) is 0 Å². The van der Waals surface area contributed by atoms with Crippen molar-refractivity contribution >= 4 is 17.3 Å². The highest BCUT2D eigenvalue weighted by Crippen LogP contribution is 2.24. The number of nitro benzene ring substituents is 1. The van der Waals surface area contributed by atoms with Gasteiger partial charge in [-0.15, -0.1) is 0 Å². The van der Waals surface area contributed by atoms with E-state index >= 15 is 0 Å². The van der Waals surface area contributed by atoms with Crippen LogP contribution in [0.5, 0.6) is 5.75 Å². The maximum atomic E-state index is 12.2. The third-order valence-electron chi connectivity index (χ3n) is 4.60. The lowest BCUT2D eigenvalue weighted by Gasteiger charge is -2.28. The lowest BCUT2D eigenvalue weighted by molar-refractivity contribution is -0.384. The topological polar surface area (TPSA) is 84.7 Å². The van der Waals surface area contributed by atoms with Gasteiger partial charge in [0, 0.05) is 43.9 Å². The Kier molecular flexibility index (Phi) is 6.03. The molecule has 1 heterocycles. The first-order valence-corrected chi connectivity index (χ1v) is 9.06. The predicted molar refractivity (Wildman–Crippen MR) is 103 cm³/mol. The molecule has 1 amide bonds. The van der Waals surface area contributed by atoms with Crippen LogP contribution < -0.4 is 10.1 Å². The minimum absolute atomic E-state index is 0.00593. The average Bonchev–Trinajstić information content (AvgIpc) is 2.67. The summed E-state index contributed by atoms with van der Waals surface area (Å²) in [7, 11) is 0. The molecule has 3 rings (SSSR count). The summed E-state index contributed by atoms with van der Waals surface area (Å²) < 4.78 is 5.57. The Morgan fingerprint density at radius 3 is 2.70 bits per heavy atom. The normalized spacial score (nSPS) is 13.7. The number of carbonyl (C=O) groups is 1. The zero-order valence-electron chi connectivity index (χ0n) is 15.3. The summed E-state index contributed by atoms with van der Waals surface area (Å²) in [6.45, 7) is 5.00. The summed E-state index contributed by atoms with van der Waals surface area (Å²) in [5.41, 5.74) is 3.16. The molecule has 0 unspecified atom stereocenters. The summed E-state index contributed by atoms with van der Waals surface area (Å²) >= 11 is 0. The van der Waals surface area contributed by atoms with Gasteiger partial charge in [0.2, 0.25) is 5.91 Å². The van der Waals surface area contributed by atoms with Crippen LogP contribution in [0.2, 0.25) is 0 Å². The van der Waals surface area contributed by atoms with Crippen molar-refractivity contribution in [3.8, 4) is 5.75 Å². The molecular weight excluding hydrogens is 346 g/mol. The molecule has 1 N–H and O–H groups in total. The number of fused-ring (bicyclic) bond motifs is 1. The summed E-state index contributed by atoms with van der Waals surface area (Å²) in [6.07, 6.45) is 1.34. The Labute approximate surface area is 158 Å². The molecule has 0 atom stereocenters. The van der Waals surface area contributed by atoms with Crippen molar-refractivity contribution in [2.75, 3.05) is 25.0 Å². The molecule has 0 fully saturated rings. The number of ether oxygens (including phenoxy) is 1. The largest absolute Gasteiger partial charge is 0.494 e. The number of non-ortho nitro benzene ring substituents is 1. The first-order valence-electron chi connectivity index (χ1n) is 9.06. The van der Waals surface area contributed by atoms with Crippen LogP contribution >= 0.6 is 0 Å². The number of anilines is 1. The molecule has 0 saturated carbocycles. The third kappa shape index (κ3) is 5.04. The van der Waals surface area contributed by atoms with E-state index in [-0.39, 0.29) is 11.6 Å². The number of benzene rings is 2. The van der Waals surface area contributed by atoms with Crippen LogP contribution in [0.1, 0.15) is 24.5 Å². The molecule has 0 aliphatic carbocycles. The fourth-order valence-electron chi connectivity index (χ4n) is 3.19. The molecule has 0 radical (unpaired) electrons. The molecule has 0 saturated heterocycles. The van der Waals surface area contributed by atoms with Gasteiger partial charge in [-0.2, -0.15) is 0 Å². The van der Waals surface area contributed by atoms with Gasteiger partial charge in [0.1, 0.15) is 5.75 Å². The van der Waals surface area contributed by atoms with Crippen molar-refractivity contribution in [1.29, 1.82) is 0 Å². The fourth-order valence-corrected chi connectivity index (χ4v) is 3.19. The number of hydrogen-bond acceptors (Lipinski definition) is 5. The van der Waals surface area contributed by atoms with Crippen molar-refractivity contribution in [1.82, 2.24) is 4.90 Å². The van der Waals surface area contributed by atoms with Gasteiger partial charge >= 0.3 is 0 Å². The maximum Gasteiger partial charge on any atom is 0.269 e. The fraction of sp³-hybridized carbons (Fsp3) is 0.350. The molecule has 0 bridgehead atoms. The number of carbonyl (C=O) groups excluding carboxylic acids is 1. The standard InChI is InChI=1S/C20H23N3O4/c1-2-27-19-8-3-15-9-11-22(14-16(15)13-19)12-10-20(24)21-17-4-6-18(7-5-17)23(25)26/h3-8,13H,2,9-12,14H2,1H3,(H,21,24). The van der Waals surface area contributed by atoms with Crippen molar-refractivity contribution < 1.29 is 14.5 Å². The van der Waals surface area contributed by atoms with Crippen molar-refractivity contribution in [3.05, 3.63) is 63.7 Å². The molecule has 0 aromatic heterocycles. The van der Waals surface area contributed by atoms with Gasteiger partial charge in [-0.1, -0.05) is 6.07 Å². The predicted octanol–water partition coefficient (Wildman–Crippen LogP) is 3.38. The SMILES string of the molecule is CCOc1ccc2c(c1)CN(CCC(=O)Nc1ccc([N+](=O)[O-])cc1)CC2. The summed E-state index contributed by atoms with van der Waals surface area (Å²) in [5.74, 6) is 0.784. The van der Waals surface area contributed by atoms with Crippen molar-refractivity contribution in [3.63, 3.8) is 0 Å². The molecular formula is C20H23N3O4. The van der Waals surface area contributed by atoms with Crippen molar-refractivity contribution in [2.45, 2.75) is 26.3 Å². The van der Waals surface area contributed by atoms with Crippen LogP contribution in [0.4, 0.5) is 11.4 Å². The van der Waals surface area contributed by atoms with E-state index in [9.17, 15) is 14.9 Å². The van der Waals surface area contributed by atoms with Crippen LogP contribution in [0.15, 0.2) is 42.5 Å². The number of nitrogens with one attached hydrogen (secondary N) is 1. The van der Waals surface area contributed by atoms with Crippen LogP contribution in [-0.2, 0) is 17.8 Å². The first kappa shape index (κ1) is 18.8. The Hall–Kier alpha value is -2.93. The second-order valence-electron chi connectivity index (χ2n) is 6.49. The monoisotopic (exact) mass is 369 g/mol. The number of nitrogens with zero attached hydrogens (tertiary/aromatic N) is 2. The molecule has 7 nitrogen and oxygen atoms in total. The zero-order chi connectivity index (χ0) is 19.2. The van der Waals surface area contributed by atoms with Gasteiger partial charge < -0.3 is 10.1 Å². The van der Waals surface area contributed by atoms with Gasteiger partial charge in [-0.05, 0) is 48.7 Å². The molecule has 27 heavy (non-hydrogen) atoms. The summed E-state index contributed by atoms with van der Waals surface area (Å²) in [6, 6.07) is 12.1. The first-order chi connectivity index (χ1) is 13.0. The molecule has 142 valence electrons. The number of nitro groups is 1. The minimum atomic E-state index is -0.462. The van der Waals surface area contributed by atoms with E-state index in [1.54, 1.807) is 12.1 Å². The molecule has 2 aromatic carbocycles. The quantitative estimate of drug-likeness (QED) is 0.597. The summed E-state index contributed by atoms with van der Waals surface area (Å²) in [4.78, 5) is 24.6. The Balaban J connectivity index is 1.50. The minimum Gasteiger partial charge on any atom is -0.494 e. The highest BCUT2D eigenvalue weighted by molar-refractivity contribution is 5.90. The highest BCUT2D eigenvalue weighted by Gasteiger charge is 2.17. The second-order valence-corrected chi connectivity index (χ2v) is 6.49. The Morgan fingerprint density at radius 1 is 1.22 bits per heavy atom. The van der Waals surface area contributed by atoms with E-state index in [1.165, 1.54) is 23.3 Å². The lowest BCUT2D eigenvalue weighted by Crippen LogP contribution is -2.33. The van der Waals surface area contributed by atoms with Gasteiger partial charge in [-0.3, -0.25) is 19.8 Å². The van der Waals surface area contributed by atoms with E-state index in [1.807, 2.05) is 13.0 Å². The smallest absolute Gasteiger partial charge is 0.269 e. The van der Waals surface area contributed by atoms with Crippen LogP contribution in [0.25, 0.3) is 0 Å². The van der Waals surface area contributed by atoms with Gasteiger partial charge in [-0.25, -0.2) is 0 Å². The molecule has 7 heteroatoms. The molecule has 1 aliphatic heterocycles. The van der Waals surface area contributed by atoms with E-state index in [2.05, 4.69) is 22.3 Å². The van der Waals surface area contributed by atoms with Crippen LogP contribution in [0, 0.1) is 10.1 Å².